The zero-order valence-corrected chi connectivity index (χ0v) is 12.2. The molecule has 4 rings (SSSR count). The first-order chi connectivity index (χ1) is 10.2. The molecule has 2 heterocycles. The summed E-state index contributed by atoms with van der Waals surface area (Å²) in [5.74, 6) is 0. The molecule has 2 atom stereocenters. The minimum absolute atomic E-state index is 0.0311. The lowest BCUT2D eigenvalue weighted by Gasteiger charge is -2.33. The topological polar surface area (TPSA) is 53.6 Å². The highest BCUT2D eigenvalue weighted by atomic mass is 16.3. The summed E-state index contributed by atoms with van der Waals surface area (Å²) in [4.78, 5) is 4.19. The van der Waals surface area contributed by atoms with E-state index in [9.17, 15) is 0 Å². The highest BCUT2D eigenvalue weighted by molar-refractivity contribution is 5.62. The summed E-state index contributed by atoms with van der Waals surface area (Å²) in [7, 11) is 0. The van der Waals surface area contributed by atoms with Gasteiger partial charge < -0.3 is 5.11 Å². The van der Waals surface area contributed by atoms with Gasteiger partial charge in [0.2, 0.25) is 0 Å². The van der Waals surface area contributed by atoms with Crippen molar-refractivity contribution in [1.29, 1.82) is 0 Å². The van der Waals surface area contributed by atoms with E-state index >= 15 is 0 Å². The van der Waals surface area contributed by atoms with Crippen molar-refractivity contribution in [2.45, 2.75) is 38.7 Å². The van der Waals surface area contributed by atoms with Crippen LogP contribution >= 0.6 is 0 Å². The molecular weight excluding hydrogens is 262 g/mol. The van der Waals surface area contributed by atoms with E-state index < -0.39 is 0 Å². The summed E-state index contributed by atoms with van der Waals surface area (Å²) < 4.78 is 1.98. The Balaban J connectivity index is 1.84. The molecule has 2 N–H and O–H groups in total. The van der Waals surface area contributed by atoms with Crippen LogP contribution in [-0.4, -0.2) is 26.0 Å². The van der Waals surface area contributed by atoms with E-state index in [1.165, 1.54) is 16.8 Å². The summed E-state index contributed by atoms with van der Waals surface area (Å²) >= 11 is 0. The number of hydrogen-bond acceptors (Lipinski definition) is 2. The van der Waals surface area contributed by atoms with Gasteiger partial charge in [0.1, 0.15) is 0 Å². The van der Waals surface area contributed by atoms with Crippen LogP contribution in [0.15, 0.2) is 36.3 Å². The molecule has 0 radical (unpaired) electrons. The third kappa shape index (κ3) is 1.72. The lowest BCUT2D eigenvalue weighted by Crippen LogP contribution is -2.34. The first kappa shape index (κ1) is 12.8. The van der Waals surface area contributed by atoms with Crippen molar-refractivity contribution < 1.29 is 5.11 Å². The minimum atomic E-state index is 0.0311. The Morgan fingerprint density at radius 2 is 2.33 bits per heavy atom. The van der Waals surface area contributed by atoms with Crippen LogP contribution in [0.3, 0.4) is 0 Å². The molecule has 2 aliphatic carbocycles. The van der Waals surface area contributed by atoms with Crippen molar-refractivity contribution in [1.82, 2.24) is 14.8 Å². The van der Waals surface area contributed by atoms with E-state index in [-0.39, 0.29) is 11.5 Å². The Morgan fingerprint density at radius 3 is 3.10 bits per heavy atom. The molecule has 0 aromatic carbocycles. The minimum Gasteiger partial charge on any atom is -0.443 e. The van der Waals surface area contributed by atoms with Gasteiger partial charge in [0.05, 0.1) is 29.2 Å². The highest BCUT2D eigenvalue weighted by Crippen LogP contribution is 2.51. The maximum atomic E-state index is 8.44. The quantitative estimate of drug-likeness (QED) is 0.795. The Hall–Kier alpha value is -1.94. The molecule has 2 aromatic rings. The standard InChI is InChI=1S/C17H19N3O/c1-2-17-9-12-10-19-20(14-4-3-7-18-11-14)15(12)8-13(17)5-6-16(17)21/h3-4,7-8,10-11,16,21H,2,5-6,9H2,1H3/p+1/t16-,17-/m0/s1. The van der Waals surface area contributed by atoms with Crippen LogP contribution in [0.4, 0.5) is 0 Å². The summed E-state index contributed by atoms with van der Waals surface area (Å²) in [6.45, 7) is 2.22. The second-order valence-corrected chi connectivity index (χ2v) is 6.13. The van der Waals surface area contributed by atoms with Gasteiger partial charge in [0.15, 0.2) is 6.10 Å². The van der Waals surface area contributed by atoms with Crippen LogP contribution < -0.4 is 0 Å². The number of rotatable bonds is 2. The maximum Gasteiger partial charge on any atom is 0.163 e. The van der Waals surface area contributed by atoms with Gasteiger partial charge in [-0.05, 0) is 43.0 Å². The molecule has 2 aliphatic rings. The predicted molar refractivity (Wildman–Crippen MR) is 82.4 cm³/mol. The van der Waals surface area contributed by atoms with Crippen LogP contribution in [0.1, 0.15) is 37.4 Å². The molecule has 0 unspecified atom stereocenters. The lowest BCUT2D eigenvalue weighted by atomic mass is 9.70. The zero-order chi connectivity index (χ0) is 14.4. The van der Waals surface area contributed by atoms with Gasteiger partial charge in [0.25, 0.3) is 0 Å². The number of hydrogen-bond donors (Lipinski definition) is 0. The molecule has 0 saturated heterocycles. The smallest absolute Gasteiger partial charge is 0.163 e. The number of fused-ring (bicyclic) bond motifs is 2. The number of aromatic nitrogens is 3. The normalized spacial score (nSPS) is 27.1. The molecule has 1 saturated carbocycles. The second-order valence-electron chi connectivity index (χ2n) is 6.13. The van der Waals surface area contributed by atoms with Crippen molar-refractivity contribution in [3.8, 4) is 5.69 Å². The maximum absolute atomic E-state index is 8.44. The van der Waals surface area contributed by atoms with Gasteiger partial charge in [0, 0.05) is 12.6 Å². The van der Waals surface area contributed by atoms with Crippen LogP contribution in [0.2, 0.25) is 0 Å². The molecule has 0 amide bonds. The summed E-state index contributed by atoms with van der Waals surface area (Å²) in [6.07, 6.45) is 12.0. The van der Waals surface area contributed by atoms with Gasteiger partial charge in [-0.15, -0.1) is 0 Å². The lowest BCUT2D eigenvalue weighted by molar-refractivity contribution is 0.0684. The van der Waals surface area contributed by atoms with Gasteiger partial charge >= 0.3 is 0 Å². The molecular formula is C17H20N3O+. The predicted octanol–water partition coefficient (Wildman–Crippen LogP) is 2.49. The third-order valence-electron chi connectivity index (χ3n) is 5.23. The van der Waals surface area contributed by atoms with E-state index in [0.29, 0.717) is 0 Å². The molecule has 108 valence electrons. The first-order valence-corrected chi connectivity index (χ1v) is 7.64. The van der Waals surface area contributed by atoms with E-state index in [0.717, 1.165) is 31.4 Å². The highest BCUT2D eigenvalue weighted by Gasteiger charge is 2.50. The second kappa shape index (κ2) is 4.53. The average molecular weight is 282 g/mol. The van der Waals surface area contributed by atoms with Crippen molar-refractivity contribution in [3.05, 3.63) is 47.6 Å². The van der Waals surface area contributed by atoms with E-state index in [2.05, 4.69) is 23.1 Å². The fourth-order valence-corrected chi connectivity index (χ4v) is 3.97. The Kier molecular flexibility index (Phi) is 2.76. The van der Waals surface area contributed by atoms with E-state index in [1.807, 2.05) is 29.2 Å². The van der Waals surface area contributed by atoms with Crippen LogP contribution in [-0.2, 0) is 6.42 Å². The summed E-state index contributed by atoms with van der Waals surface area (Å²) in [6, 6.07) is 3.97. The van der Waals surface area contributed by atoms with Gasteiger partial charge in [-0.2, -0.15) is 5.10 Å². The first-order valence-electron chi connectivity index (χ1n) is 7.64. The van der Waals surface area contributed by atoms with Crippen LogP contribution in [0, 0.1) is 5.41 Å². The monoisotopic (exact) mass is 282 g/mol. The Morgan fingerprint density at radius 1 is 1.43 bits per heavy atom. The van der Waals surface area contributed by atoms with E-state index in [4.69, 9.17) is 5.11 Å². The van der Waals surface area contributed by atoms with Crippen molar-refractivity contribution in [3.63, 3.8) is 0 Å². The van der Waals surface area contributed by atoms with Crippen molar-refractivity contribution in [2.75, 3.05) is 0 Å². The molecule has 4 heteroatoms. The summed E-state index contributed by atoms with van der Waals surface area (Å²) in [5, 5.41) is 13.0. The largest absolute Gasteiger partial charge is 0.443 e. The fraction of sp³-hybridized carbons (Fsp3) is 0.412. The van der Waals surface area contributed by atoms with Gasteiger partial charge in [-0.25, -0.2) is 4.68 Å². The molecule has 4 nitrogen and oxygen atoms in total. The average Bonchev–Trinajstić information content (AvgIpc) is 3.08. The zero-order valence-electron chi connectivity index (χ0n) is 12.2. The number of pyridine rings is 1. The SMILES string of the molecule is CC[C@]12Cc3cnn(-c4cccnc4)c3C=C1CC[C@@H]2[OH2+]. The Labute approximate surface area is 124 Å². The molecule has 1 fully saturated rings. The summed E-state index contributed by atoms with van der Waals surface area (Å²) in [5.41, 5.74) is 4.94. The van der Waals surface area contributed by atoms with E-state index in [1.54, 1.807) is 6.20 Å². The van der Waals surface area contributed by atoms with Crippen LogP contribution in [0.25, 0.3) is 11.8 Å². The molecule has 0 spiro atoms. The molecule has 2 aromatic heterocycles. The van der Waals surface area contributed by atoms with Crippen LogP contribution in [0.5, 0.6) is 0 Å². The molecule has 0 aliphatic heterocycles. The molecule has 21 heavy (non-hydrogen) atoms. The van der Waals surface area contributed by atoms with Gasteiger partial charge in [-0.3, -0.25) is 4.98 Å². The van der Waals surface area contributed by atoms with Gasteiger partial charge in [-0.1, -0.05) is 12.5 Å². The van der Waals surface area contributed by atoms with Crippen molar-refractivity contribution in [2.24, 2.45) is 5.41 Å². The van der Waals surface area contributed by atoms with Crippen molar-refractivity contribution >= 4 is 6.08 Å². The Bertz CT molecular complexity index is 704. The molecule has 0 bridgehead atoms. The third-order valence-corrected chi connectivity index (χ3v) is 5.23. The fourth-order valence-electron chi connectivity index (χ4n) is 3.97. The number of nitrogens with zero attached hydrogens (tertiary/aromatic N) is 3.